The summed E-state index contributed by atoms with van der Waals surface area (Å²) in [5, 5.41) is 10.4. The van der Waals surface area contributed by atoms with Crippen LogP contribution in [0.25, 0.3) is 0 Å². The van der Waals surface area contributed by atoms with E-state index in [2.05, 4.69) is 13.8 Å². The zero-order valence-corrected chi connectivity index (χ0v) is 22.2. The van der Waals surface area contributed by atoms with Crippen LogP contribution < -0.4 is 9.47 Å². The number of amides is 1. The van der Waals surface area contributed by atoms with Gasteiger partial charge >= 0.3 is 12.1 Å². The highest BCUT2D eigenvalue weighted by Crippen LogP contribution is 2.48. The molecule has 7 nitrogen and oxygen atoms in total. The summed E-state index contributed by atoms with van der Waals surface area (Å²) < 4.78 is 50.7. The van der Waals surface area contributed by atoms with E-state index < -0.39 is 35.6 Å². The number of carboxylic acids is 1. The number of nitrogens with zero attached hydrogens (tertiary/aromatic N) is 2. The number of carbonyl (C=O) groups is 2. The maximum Gasteiger partial charge on any atom is 0.416 e. The fourth-order valence-corrected chi connectivity index (χ4v) is 5.47. The van der Waals surface area contributed by atoms with E-state index in [4.69, 9.17) is 9.47 Å². The Morgan fingerprint density at radius 2 is 1.59 bits per heavy atom. The number of benzene rings is 2. The molecule has 1 amide bonds. The fourth-order valence-electron chi connectivity index (χ4n) is 5.47. The van der Waals surface area contributed by atoms with Crippen LogP contribution in [0.5, 0.6) is 11.5 Å². The predicted molar refractivity (Wildman–Crippen MR) is 139 cm³/mol. The molecule has 212 valence electrons. The molecule has 4 rings (SSSR count). The molecule has 0 radical (unpaired) electrons. The van der Waals surface area contributed by atoms with Gasteiger partial charge in [0.2, 0.25) is 12.7 Å². The van der Waals surface area contributed by atoms with E-state index in [1.165, 1.54) is 12.1 Å². The Kier molecular flexibility index (Phi) is 9.04. The van der Waals surface area contributed by atoms with Crippen molar-refractivity contribution in [2.45, 2.75) is 57.7 Å². The highest BCUT2D eigenvalue weighted by Gasteiger charge is 2.48. The second-order valence-corrected chi connectivity index (χ2v) is 10.2. The highest BCUT2D eigenvalue weighted by molar-refractivity contribution is 5.79. The van der Waals surface area contributed by atoms with Crippen molar-refractivity contribution in [1.29, 1.82) is 0 Å². The number of aliphatic carboxylic acids is 1. The molecule has 2 aromatic rings. The molecule has 0 saturated carbocycles. The summed E-state index contributed by atoms with van der Waals surface area (Å²) in [6.45, 7) is 5.64. The van der Waals surface area contributed by atoms with Gasteiger partial charge in [-0.2, -0.15) is 13.2 Å². The lowest BCUT2D eigenvalue weighted by Crippen LogP contribution is -2.42. The number of carbonyl (C=O) groups excluding carboxylic acids is 1. The topological polar surface area (TPSA) is 79.3 Å². The Labute approximate surface area is 226 Å². The minimum absolute atomic E-state index is 0.0239. The molecule has 1 saturated heterocycles. The van der Waals surface area contributed by atoms with Gasteiger partial charge in [-0.15, -0.1) is 0 Å². The van der Waals surface area contributed by atoms with Crippen LogP contribution in [0.4, 0.5) is 13.2 Å². The Hall–Kier alpha value is -3.27. The summed E-state index contributed by atoms with van der Waals surface area (Å²) in [4.78, 5) is 29.8. The molecule has 2 heterocycles. The highest BCUT2D eigenvalue weighted by atomic mass is 19.4. The van der Waals surface area contributed by atoms with Crippen LogP contribution >= 0.6 is 0 Å². The van der Waals surface area contributed by atoms with E-state index in [-0.39, 0.29) is 25.8 Å². The zero-order valence-electron chi connectivity index (χ0n) is 22.2. The molecule has 10 heteroatoms. The first-order chi connectivity index (χ1) is 18.6. The molecular formula is C29H35F3N2O5. The van der Waals surface area contributed by atoms with Gasteiger partial charge in [0, 0.05) is 31.6 Å². The minimum Gasteiger partial charge on any atom is -0.481 e. The van der Waals surface area contributed by atoms with Crippen LogP contribution in [0.15, 0.2) is 42.5 Å². The van der Waals surface area contributed by atoms with E-state index >= 15 is 0 Å². The maximum atomic E-state index is 13.5. The van der Waals surface area contributed by atoms with Crippen LogP contribution in [0.3, 0.4) is 0 Å². The lowest BCUT2D eigenvalue weighted by atomic mass is 9.82. The van der Waals surface area contributed by atoms with Gasteiger partial charge in [0.25, 0.3) is 0 Å². The summed E-state index contributed by atoms with van der Waals surface area (Å²) in [5.74, 6) is -1.61. The lowest BCUT2D eigenvalue weighted by molar-refractivity contribution is -0.144. The van der Waals surface area contributed by atoms with Gasteiger partial charge in [0.1, 0.15) is 0 Å². The van der Waals surface area contributed by atoms with Crippen molar-refractivity contribution in [2.75, 3.05) is 33.0 Å². The molecule has 2 aliphatic rings. The lowest BCUT2D eigenvalue weighted by Gasteiger charge is -2.30. The van der Waals surface area contributed by atoms with Gasteiger partial charge < -0.3 is 19.5 Å². The van der Waals surface area contributed by atoms with Crippen LogP contribution in [0.2, 0.25) is 0 Å². The predicted octanol–water partition coefficient (Wildman–Crippen LogP) is 5.70. The van der Waals surface area contributed by atoms with Gasteiger partial charge in [0.15, 0.2) is 11.5 Å². The number of halogens is 3. The molecule has 0 unspecified atom stereocenters. The number of hydrogen-bond donors (Lipinski definition) is 1. The standard InChI is InChI=1S/C29H35F3N2O5/c1-3-5-13-33(14-6-4-2)25(35)17-34-16-22(20-9-12-23-24(15-20)39-18-38-23)26(28(36)37)27(34)19-7-10-21(11-8-19)29(30,31)32/h7-12,15,22,26-27H,3-6,13-14,16-18H2,1-2H3,(H,36,37)/t22-,26-,27+/m1/s1. The molecule has 0 spiro atoms. The molecule has 0 bridgehead atoms. The normalized spacial score (nSPS) is 20.8. The van der Waals surface area contributed by atoms with Crippen molar-refractivity contribution in [3.8, 4) is 11.5 Å². The first kappa shape index (κ1) is 28.7. The Morgan fingerprint density at radius 3 is 2.18 bits per heavy atom. The summed E-state index contributed by atoms with van der Waals surface area (Å²) in [5.41, 5.74) is 0.337. The number of unbranched alkanes of at least 4 members (excludes halogenated alkanes) is 2. The minimum atomic E-state index is -4.51. The number of rotatable bonds is 11. The van der Waals surface area contributed by atoms with Crippen LogP contribution in [0, 0.1) is 5.92 Å². The molecule has 1 N–H and O–H groups in total. The number of carboxylic acid groups (broad SMARTS) is 1. The van der Waals surface area contributed by atoms with E-state index in [1.807, 2.05) is 9.80 Å². The summed E-state index contributed by atoms with van der Waals surface area (Å²) >= 11 is 0. The largest absolute Gasteiger partial charge is 0.481 e. The van der Waals surface area contributed by atoms with Gasteiger partial charge in [0.05, 0.1) is 18.0 Å². The average Bonchev–Trinajstić information content (AvgIpc) is 3.52. The van der Waals surface area contributed by atoms with Crippen molar-refractivity contribution < 1.29 is 37.3 Å². The molecule has 0 aliphatic carbocycles. The Bertz CT molecular complexity index is 1150. The van der Waals surface area contributed by atoms with E-state index in [0.717, 1.165) is 37.8 Å². The zero-order chi connectivity index (χ0) is 28.2. The van der Waals surface area contributed by atoms with E-state index in [1.54, 1.807) is 18.2 Å². The van der Waals surface area contributed by atoms with Crippen molar-refractivity contribution in [1.82, 2.24) is 9.80 Å². The molecule has 0 aromatic heterocycles. The molecule has 3 atom stereocenters. The molecule has 1 fully saturated rings. The summed E-state index contributed by atoms with van der Waals surface area (Å²) in [7, 11) is 0. The smallest absolute Gasteiger partial charge is 0.416 e. The molecular weight excluding hydrogens is 513 g/mol. The molecule has 39 heavy (non-hydrogen) atoms. The van der Waals surface area contributed by atoms with E-state index in [0.29, 0.717) is 35.7 Å². The second-order valence-electron chi connectivity index (χ2n) is 10.2. The summed E-state index contributed by atoms with van der Waals surface area (Å²) in [6, 6.07) is 9.08. The van der Waals surface area contributed by atoms with Crippen molar-refractivity contribution in [3.63, 3.8) is 0 Å². The fraction of sp³-hybridized carbons (Fsp3) is 0.517. The average molecular weight is 549 g/mol. The van der Waals surface area contributed by atoms with Crippen LogP contribution in [0.1, 0.15) is 68.2 Å². The number of alkyl halides is 3. The van der Waals surface area contributed by atoms with Gasteiger partial charge in [-0.3, -0.25) is 14.5 Å². The monoisotopic (exact) mass is 548 g/mol. The van der Waals surface area contributed by atoms with Gasteiger partial charge in [-0.05, 0) is 48.2 Å². The Morgan fingerprint density at radius 1 is 0.974 bits per heavy atom. The van der Waals surface area contributed by atoms with Crippen molar-refractivity contribution in [3.05, 3.63) is 59.2 Å². The maximum absolute atomic E-state index is 13.5. The first-order valence-corrected chi connectivity index (χ1v) is 13.4. The number of hydrogen-bond acceptors (Lipinski definition) is 5. The van der Waals surface area contributed by atoms with Gasteiger partial charge in [-0.1, -0.05) is 44.9 Å². The first-order valence-electron chi connectivity index (χ1n) is 13.4. The Balaban J connectivity index is 1.69. The van der Waals surface area contributed by atoms with Crippen LogP contribution in [-0.4, -0.2) is 59.8 Å². The quantitative estimate of drug-likeness (QED) is 0.388. The van der Waals surface area contributed by atoms with Crippen molar-refractivity contribution >= 4 is 11.9 Å². The SMILES string of the molecule is CCCCN(CCCC)C(=O)CN1C[C@H](c2ccc3c(c2)OCO3)[C@@H](C(=O)O)[C@@H]1c1ccc(C(F)(F)F)cc1. The third kappa shape index (κ3) is 6.49. The number of fused-ring (bicyclic) bond motifs is 1. The summed E-state index contributed by atoms with van der Waals surface area (Å²) in [6.07, 6.45) is -0.934. The second kappa shape index (κ2) is 12.3. The molecule has 2 aromatic carbocycles. The third-order valence-electron chi connectivity index (χ3n) is 7.54. The van der Waals surface area contributed by atoms with E-state index in [9.17, 15) is 27.9 Å². The van der Waals surface area contributed by atoms with Gasteiger partial charge in [-0.25, -0.2) is 0 Å². The van der Waals surface area contributed by atoms with Crippen molar-refractivity contribution in [2.24, 2.45) is 5.92 Å². The number of likely N-dealkylation sites (tertiary alicyclic amines) is 1. The number of ether oxygens (including phenoxy) is 2. The van der Waals surface area contributed by atoms with Crippen LogP contribution in [-0.2, 0) is 15.8 Å². The molecule has 2 aliphatic heterocycles. The third-order valence-corrected chi connectivity index (χ3v) is 7.54.